The summed E-state index contributed by atoms with van der Waals surface area (Å²) >= 11 is 6.01. The molecule has 0 amide bonds. The summed E-state index contributed by atoms with van der Waals surface area (Å²) in [4.78, 5) is 6.88. The first-order valence-electron chi connectivity index (χ1n) is 11.0. The van der Waals surface area contributed by atoms with E-state index in [-0.39, 0.29) is 0 Å². The highest BCUT2D eigenvalue weighted by Gasteiger charge is 2.24. The lowest BCUT2D eigenvalue weighted by molar-refractivity contribution is 0.248. The van der Waals surface area contributed by atoms with Crippen LogP contribution >= 0.6 is 11.6 Å². The van der Waals surface area contributed by atoms with Crippen LogP contribution in [0.25, 0.3) is 11.1 Å². The van der Waals surface area contributed by atoms with Gasteiger partial charge in [0.05, 0.1) is 0 Å². The second kappa shape index (κ2) is 9.29. The molecule has 32 heavy (non-hydrogen) atoms. The van der Waals surface area contributed by atoms with Gasteiger partial charge in [-0.2, -0.15) is 0 Å². The van der Waals surface area contributed by atoms with E-state index in [1.165, 1.54) is 11.1 Å². The molecule has 0 fully saturated rings. The number of allylic oxidation sites excluding steroid dienone is 4. The number of hydrogen-bond acceptors (Lipinski definition) is 4. The van der Waals surface area contributed by atoms with E-state index in [0.29, 0.717) is 11.6 Å². The summed E-state index contributed by atoms with van der Waals surface area (Å²) in [5.41, 5.74) is 5.40. The minimum Gasteiger partial charge on any atom is -0.438 e. The van der Waals surface area contributed by atoms with Crippen LogP contribution in [0, 0.1) is 0 Å². The third-order valence-corrected chi connectivity index (χ3v) is 6.31. The predicted molar refractivity (Wildman–Crippen MR) is 129 cm³/mol. The molecule has 0 radical (unpaired) electrons. The number of aliphatic hydroxyl groups excluding tert-OH is 1. The molecule has 3 heterocycles. The molecule has 2 aliphatic heterocycles. The monoisotopic (exact) mass is 444 g/mol. The Kier molecular flexibility index (Phi) is 6.08. The molecule has 1 aliphatic carbocycles. The molecule has 1 unspecified atom stereocenters. The molecular weight excluding hydrogens is 420 g/mol. The molecule has 4 nitrogen and oxygen atoms in total. The second-order valence-electron chi connectivity index (χ2n) is 8.15. The Bertz CT molecular complexity index is 1160. The maximum Gasteiger partial charge on any atom is 0.227 e. The molecule has 0 saturated heterocycles. The Morgan fingerprint density at radius 1 is 1.22 bits per heavy atom. The van der Waals surface area contributed by atoms with Gasteiger partial charge in [0.2, 0.25) is 5.88 Å². The summed E-state index contributed by atoms with van der Waals surface area (Å²) in [5, 5.41) is 11.2. The van der Waals surface area contributed by atoms with Gasteiger partial charge in [-0.05, 0) is 66.0 Å². The van der Waals surface area contributed by atoms with Crippen molar-refractivity contribution >= 4 is 22.7 Å². The maximum absolute atomic E-state index is 10.4. The normalized spacial score (nSPS) is 21.6. The van der Waals surface area contributed by atoms with Crippen molar-refractivity contribution in [3.63, 3.8) is 0 Å². The first-order valence-corrected chi connectivity index (χ1v) is 11.3. The predicted octanol–water partition coefficient (Wildman–Crippen LogP) is 5.43. The van der Waals surface area contributed by atoms with Crippen molar-refractivity contribution in [1.82, 2.24) is 9.88 Å². The second-order valence-corrected chi connectivity index (χ2v) is 8.59. The first-order chi connectivity index (χ1) is 15.7. The van der Waals surface area contributed by atoms with E-state index in [4.69, 9.17) is 16.3 Å². The lowest BCUT2D eigenvalue weighted by Crippen LogP contribution is -2.29. The van der Waals surface area contributed by atoms with E-state index >= 15 is 0 Å². The number of halogens is 1. The fourth-order valence-corrected chi connectivity index (χ4v) is 4.42. The van der Waals surface area contributed by atoms with Gasteiger partial charge in [-0.15, -0.1) is 0 Å². The van der Waals surface area contributed by atoms with E-state index in [2.05, 4.69) is 34.2 Å². The third-order valence-electron chi connectivity index (χ3n) is 6.06. The Morgan fingerprint density at radius 3 is 2.91 bits per heavy atom. The summed E-state index contributed by atoms with van der Waals surface area (Å²) in [6.07, 6.45) is 15.0. The highest BCUT2D eigenvalue weighted by Crippen LogP contribution is 2.35. The average molecular weight is 445 g/mol. The van der Waals surface area contributed by atoms with Crippen molar-refractivity contribution in [2.75, 3.05) is 19.6 Å². The molecule has 3 aliphatic rings. The van der Waals surface area contributed by atoms with Crippen LogP contribution in [0.4, 0.5) is 0 Å². The molecular formula is C27H25ClN2O2. The molecule has 1 atom stereocenters. The number of hydrogen-bond donors (Lipinski definition) is 1. The van der Waals surface area contributed by atoms with Crippen LogP contribution in [0.5, 0.6) is 5.88 Å². The van der Waals surface area contributed by atoms with Gasteiger partial charge in [-0.1, -0.05) is 48.0 Å². The van der Waals surface area contributed by atoms with Crippen LogP contribution in [0.3, 0.4) is 0 Å². The number of aliphatic hydroxyl groups is 1. The highest BCUT2D eigenvalue weighted by atomic mass is 35.5. The lowest BCUT2D eigenvalue weighted by atomic mass is 9.97. The van der Waals surface area contributed by atoms with Crippen molar-refractivity contribution in [3.8, 4) is 5.88 Å². The van der Waals surface area contributed by atoms with Crippen molar-refractivity contribution in [1.29, 1.82) is 0 Å². The number of benzene rings is 1. The Labute approximate surface area is 193 Å². The molecule has 2 aromatic rings. The number of ether oxygens (including phenoxy) is 1. The number of fused-ring (bicyclic) bond motifs is 2. The number of aromatic nitrogens is 1. The summed E-state index contributed by atoms with van der Waals surface area (Å²) in [5.74, 6) is 1.23. The Morgan fingerprint density at radius 2 is 2.09 bits per heavy atom. The first kappa shape index (κ1) is 21.0. The van der Waals surface area contributed by atoms with E-state index < -0.39 is 6.10 Å². The van der Waals surface area contributed by atoms with Gasteiger partial charge in [-0.3, -0.25) is 4.90 Å². The number of nitrogens with zero attached hydrogens (tertiary/aromatic N) is 2. The van der Waals surface area contributed by atoms with Crippen LogP contribution in [0.1, 0.15) is 24.0 Å². The standard InChI is InChI=1S/C27H25ClN2O2/c28-22-10-8-19(9-11-22)20-12-16-30(17-13-20)15-3-4-21-18-24-25(31)6-1-7-26(24)32-27-23(21)5-2-14-29-27/h1-2,4-12,14,18,25,31H,3,13,15-17H2. The minimum absolute atomic E-state index is 0.576. The number of pyridine rings is 1. The average Bonchev–Trinajstić information content (AvgIpc) is 2.98. The fourth-order valence-electron chi connectivity index (χ4n) is 4.30. The Balaban J connectivity index is 1.30. The van der Waals surface area contributed by atoms with Crippen LogP contribution < -0.4 is 4.74 Å². The molecule has 162 valence electrons. The van der Waals surface area contributed by atoms with Crippen molar-refractivity contribution < 1.29 is 9.84 Å². The smallest absolute Gasteiger partial charge is 0.227 e. The topological polar surface area (TPSA) is 45.6 Å². The zero-order valence-corrected chi connectivity index (χ0v) is 18.5. The van der Waals surface area contributed by atoms with Gasteiger partial charge in [0, 0.05) is 42.0 Å². The van der Waals surface area contributed by atoms with Gasteiger partial charge in [0.15, 0.2) is 0 Å². The zero-order chi connectivity index (χ0) is 21.9. The highest BCUT2D eigenvalue weighted by molar-refractivity contribution is 6.30. The van der Waals surface area contributed by atoms with Gasteiger partial charge in [0.1, 0.15) is 11.9 Å². The van der Waals surface area contributed by atoms with Gasteiger partial charge in [0.25, 0.3) is 0 Å². The SMILES string of the molecule is OC1C=CC=C2Oc3ncccc3C(=CCCN3CC=C(c4ccc(Cl)cc4)CC3)C=C21. The Hall–Kier alpha value is -2.92. The van der Waals surface area contributed by atoms with Gasteiger partial charge < -0.3 is 9.84 Å². The minimum atomic E-state index is -0.675. The largest absolute Gasteiger partial charge is 0.438 e. The lowest BCUT2D eigenvalue weighted by Gasteiger charge is -2.26. The molecule has 0 saturated carbocycles. The van der Waals surface area contributed by atoms with E-state index in [1.807, 2.05) is 42.5 Å². The van der Waals surface area contributed by atoms with E-state index in [1.54, 1.807) is 12.3 Å². The van der Waals surface area contributed by atoms with Crippen molar-refractivity contribution in [3.05, 3.63) is 107 Å². The van der Waals surface area contributed by atoms with E-state index in [0.717, 1.165) is 54.2 Å². The summed E-state index contributed by atoms with van der Waals surface area (Å²) in [6.45, 7) is 2.95. The zero-order valence-electron chi connectivity index (χ0n) is 17.7. The molecule has 0 spiro atoms. The summed E-state index contributed by atoms with van der Waals surface area (Å²) < 4.78 is 6.02. The fraction of sp³-hybridized carbons (Fsp3) is 0.222. The van der Waals surface area contributed by atoms with Crippen molar-refractivity contribution in [2.24, 2.45) is 0 Å². The van der Waals surface area contributed by atoms with Crippen molar-refractivity contribution in [2.45, 2.75) is 18.9 Å². The van der Waals surface area contributed by atoms with Gasteiger partial charge >= 0.3 is 0 Å². The van der Waals surface area contributed by atoms with E-state index in [9.17, 15) is 5.11 Å². The van der Waals surface area contributed by atoms with Crippen LogP contribution in [0.15, 0.2) is 90.4 Å². The molecule has 5 rings (SSSR count). The van der Waals surface area contributed by atoms with Crippen LogP contribution in [-0.4, -0.2) is 40.7 Å². The number of rotatable bonds is 4. The quantitative estimate of drug-likeness (QED) is 0.682. The third kappa shape index (κ3) is 4.49. The van der Waals surface area contributed by atoms with Gasteiger partial charge in [-0.25, -0.2) is 4.98 Å². The molecule has 5 heteroatoms. The summed E-state index contributed by atoms with van der Waals surface area (Å²) in [6, 6.07) is 12.0. The van der Waals surface area contributed by atoms with Crippen LogP contribution in [0.2, 0.25) is 5.02 Å². The summed E-state index contributed by atoms with van der Waals surface area (Å²) in [7, 11) is 0. The van der Waals surface area contributed by atoms with Crippen LogP contribution in [-0.2, 0) is 0 Å². The molecule has 1 aromatic carbocycles. The molecule has 0 bridgehead atoms. The maximum atomic E-state index is 10.4. The molecule has 1 aromatic heterocycles. The molecule has 1 N–H and O–H groups in total.